The Bertz CT molecular complexity index is 117. The van der Waals surface area contributed by atoms with Crippen LogP contribution in [0.15, 0.2) is 24.3 Å². The van der Waals surface area contributed by atoms with Crippen molar-refractivity contribution in [2.45, 2.75) is 34.1 Å². The molecule has 0 unspecified atom stereocenters. The molecule has 10 heavy (non-hydrogen) atoms. The fourth-order valence-electron chi connectivity index (χ4n) is 1.05. The Hall–Kier alpha value is -0.520. The second-order valence-corrected chi connectivity index (χ2v) is 2.86. The van der Waals surface area contributed by atoms with Crippen LogP contribution in [0, 0.1) is 5.41 Å². The molecule has 0 aliphatic rings. The molecule has 0 saturated heterocycles. The first-order valence-corrected chi connectivity index (χ1v) is 3.96. The van der Waals surface area contributed by atoms with Crippen LogP contribution in [0.2, 0.25) is 0 Å². The Morgan fingerprint density at radius 3 is 1.70 bits per heavy atom. The molecule has 0 nitrogen and oxygen atoms in total. The predicted molar refractivity (Wildman–Crippen MR) is 48.0 cm³/mol. The van der Waals surface area contributed by atoms with Crippen LogP contribution in [0.3, 0.4) is 0 Å². The van der Waals surface area contributed by atoms with E-state index in [-0.39, 0.29) is 5.41 Å². The van der Waals surface area contributed by atoms with Crippen molar-refractivity contribution in [3.05, 3.63) is 24.3 Å². The third kappa shape index (κ3) is 2.86. The summed E-state index contributed by atoms with van der Waals surface area (Å²) in [4.78, 5) is 0. The summed E-state index contributed by atoms with van der Waals surface area (Å²) >= 11 is 0. The minimum atomic E-state index is 0.281. The van der Waals surface area contributed by atoms with Crippen molar-refractivity contribution >= 4 is 0 Å². The van der Waals surface area contributed by atoms with E-state index in [9.17, 15) is 0 Å². The Morgan fingerprint density at radius 1 is 1.10 bits per heavy atom. The van der Waals surface area contributed by atoms with Crippen LogP contribution in [0.25, 0.3) is 0 Å². The maximum absolute atomic E-state index is 2.24. The molecule has 0 spiro atoms. The highest BCUT2D eigenvalue weighted by molar-refractivity contribution is 5.07. The SMILES string of the molecule is CC=CC(C)(C=CC)CC. The summed E-state index contributed by atoms with van der Waals surface area (Å²) in [7, 11) is 0. The van der Waals surface area contributed by atoms with Crippen LogP contribution < -0.4 is 0 Å². The van der Waals surface area contributed by atoms with Crippen LogP contribution in [0.5, 0.6) is 0 Å². The molecule has 0 radical (unpaired) electrons. The Balaban J connectivity index is 4.22. The second-order valence-electron chi connectivity index (χ2n) is 2.86. The minimum Gasteiger partial charge on any atom is -0.0908 e. The molecule has 0 aromatic carbocycles. The van der Waals surface area contributed by atoms with Gasteiger partial charge in [-0.25, -0.2) is 0 Å². The van der Waals surface area contributed by atoms with E-state index in [0.717, 1.165) is 0 Å². The molecule has 0 fully saturated rings. The maximum atomic E-state index is 2.24. The van der Waals surface area contributed by atoms with Crippen molar-refractivity contribution in [1.82, 2.24) is 0 Å². The van der Waals surface area contributed by atoms with Gasteiger partial charge in [0.15, 0.2) is 0 Å². The van der Waals surface area contributed by atoms with E-state index in [2.05, 4.69) is 52.0 Å². The standard InChI is InChI=1S/C10H18/c1-5-8-10(4,7-3)9-6-2/h5-6,8-9H,7H2,1-4H3. The number of hydrogen-bond donors (Lipinski definition) is 0. The van der Waals surface area contributed by atoms with Crippen molar-refractivity contribution in [2.75, 3.05) is 0 Å². The summed E-state index contributed by atoms with van der Waals surface area (Å²) in [6, 6.07) is 0. The predicted octanol–water partition coefficient (Wildman–Crippen LogP) is 3.55. The molecule has 0 saturated carbocycles. The molecule has 58 valence electrons. The summed E-state index contributed by atoms with van der Waals surface area (Å²) in [5.41, 5.74) is 0.281. The molecule has 0 heterocycles. The van der Waals surface area contributed by atoms with E-state index in [1.54, 1.807) is 0 Å². The van der Waals surface area contributed by atoms with Crippen LogP contribution >= 0.6 is 0 Å². The van der Waals surface area contributed by atoms with Gasteiger partial charge in [0.05, 0.1) is 0 Å². The molecule has 0 aromatic heterocycles. The number of rotatable bonds is 3. The number of allylic oxidation sites excluding steroid dienone is 4. The molecule has 0 atom stereocenters. The smallest absolute Gasteiger partial charge is 0.00298 e. The fraction of sp³-hybridized carbons (Fsp3) is 0.600. The first-order valence-electron chi connectivity index (χ1n) is 3.96. The summed E-state index contributed by atoms with van der Waals surface area (Å²) < 4.78 is 0. The van der Waals surface area contributed by atoms with Crippen LogP contribution in [0.4, 0.5) is 0 Å². The highest BCUT2D eigenvalue weighted by Crippen LogP contribution is 2.24. The van der Waals surface area contributed by atoms with Crippen LogP contribution in [-0.2, 0) is 0 Å². The van der Waals surface area contributed by atoms with Gasteiger partial charge < -0.3 is 0 Å². The zero-order valence-corrected chi connectivity index (χ0v) is 7.52. The quantitative estimate of drug-likeness (QED) is 0.523. The van der Waals surface area contributed by atoms with Crippen molar-refractivity contribution in [3.8, 4) is 0 Å². The van der Waals surface area contributed by atoms with Gasteiger partial charge in [-0.1, -0.05) is 38.2 Å². The van der Waals surface area contributed by atoms with E-state index in [0.29, 0.717) is 0 Å². The van der Waals surface area contributed by atoms with Gasteiger partial charge in [0.1, 0.15) is 0 Å². The van der Waals surface area contributed by atoms with Gasteiger partial charge in [-0.15, -0.1) is 0 Å². The first kappa shape index (κ1) is 9.48. The van der Waals surface area contributed by atoms with Gasteiger partial charge in [-0.2, -0.15) is 0 Å². The minimum absolute atomic E-state index is 0.281. The van der Waals surface area contributed by atoms with Gasteiger partial charge in [-0.3, -0.25) is 0 Å². The van der Waals surface area contributed by atoms with E-state index >= 15 is 0 Å². The van der Waals surface area contributed by atoms with E-state index in [1.165, 1.54) is 6.42 Å². The third-order valence-electron chi connectivity index (χ3n) is 1.86. The molecule has 0 aromatic rings. The zero-order valence-electron chi connectivity index (χ0n) is 7.52. The Labute approximate surface area is 64.6 Å². The Kier molecular flexibility index (Phi) is 4.10. The highest BCUT2D eigenvalue weighted by atomic mass is 14.2. The average molecular weight is 138 g/mol. The second kappa shape index (κ2) is 4.32. The van der Waals surface area contributed by atoms with E-state index in [1.807, 2.05) is 0 Å². The molecule has 0 aliphatic heterocycles. The van der Waals surface area contributed by atoms with Crippen LogP contribution in [0.1, 0.15) is 34.1 Å². The average Bonchev–Trinajstić information content (AvgIpc) is 1.89. The molecule has 0 amide bonds. The summed E-state index contributed by atoms with van der Waals surface area (Å²) in [5.74, 6) is 0. The Morgan fingerprint density at radius 2 is 1.50 bits per heavy atom. The molecule has 0 aliphatic carbocycles. The van der Waals surface area contributed by atoms with E-state index < -0.39 is 0 Å². The number of hydrogen-bond acceptors (Lipinski definition) is 0. The van der Waals surface area contributed by atoms with Gasteiger partial charge in [0.25, 0.3) is 0 Å². The summed E-state index contributed by atoms with van der Waals surface area (Å²) in [5, 5.41) is 0. The molecule has 0 bridgehead atoms. The van der Waals surface area contributed by atoms with Crippen LogP contribution in [-0.4, -0.2) is 0 Å². The highest BCUT2D eigenvalue weighted by Gasteiger charge is 2.11. The summed E-state index contributed by atoms with van der Waals surface area (Å²) in [6.07, 6.45) is 9.88. The molecular formula is C10H18. The molecule has 0 rings (SSSR count). The van der Waals surface area contributed by atoms with E-state index in [4.69, 9.17) is 0 Å². The lowest BCUT2D eigenvalue weighted by atomic mass is 9.87. The van der Waals surface area contributed by atoms with Gasteiger partial charge in [-0.05, 0) is 20.3 Å². The lowest BCUT2D eigenvalue weighted by Gasteiger charge is -2.18. The molecular weight excluding hydrogens is 120 g/mol. The monoisotopic (exact) mass is 138 g/mol. The normalized spacial score (nSPS) is 18.4. The van der Waals surface area contributed by atoms with Crippen molar-refractivity contribution in [3.63, 3.8) is 0 Å². The third-order valence-corrected chi connectivity index (χ3v) is 1.86. The van der Waals surface area contributed by atoms with Crippen molar-refractivity contribution in [1.29, 1.82) is 0 Å². The zero-order chi connectivity index (χ0) is 8.04. The lowest BCUT2D eigenvalue weighted by Crippen LogP contribution is -2.06. The van der Waals surface area contributed by atoms with Crippen molar-refractivity contribution in [2.24, 2.45) is 5.41 Å². The van der Waals surface area contributed by atoms with Gasteiger partial charge in [0.2, 0.25) is 0 Å². The molecule has 0 heteroatoms. The largest absolute Gasteiger partial charge is 0.0908 e. The lowest BCUT2D eigenvalue weighted by molar-refractivity contribution is 0.529. The topological polar surface area (TPSA) is 0 Å². The molecule has 0 N–H and O–H groups in total. The fourth-order valence-corrected chi connectivity index (χ4v) is 1.05. The van der Waals surface area contributed by atoms with Gasteiger partial charge in [0, 0.05) is 5.41 Å². The first-order chi connectivity index (χ1) is 4.68. The van der Waals surface area contributed by atoms with Gasteiger partial charge >= 0.3 is 0 Å². The maximum Gasteiger partial charge on any atom is 0.00298 e. The van der Waals surface area contributed by atoms with Crippen molar-refractivity contribution < 1.29 is 0 Å². The summed E-state index contributed by atoms with van der Waals surface area (Å²) in [6.45, 7) is 8.59.